The van der Waals surface area contributed by atoms with Crippen molar-refractivity contribution in [3.63, 3.8) is 0 Å². The summed E-state index contributed by atoms with van der Waals surface area (Å²) >= 11 is 0. The number of alkyl halides is 3. The lowest BCUT2D eigenvalue weighted by atomic mass is 9.75. The highest BCUT2D eigenvalue weighted by atomic mass is 19.4. The van der Waals surface area contributed by atoms with Crippen molar-refractivity contribution in [2.45, 2.75) is 49.9 Å². The third-order valence-corrected chi connectivity index (χ3v) is 4.59. The Morgan fingerprint density at radius 3 is 2.82 bits per heavy atom. The summed E-state index contributed by atoms with van der Waals surface area (Å²) in [6.07, 6.45) is 2.54. The molecule has 120 valence electrons. The van der Waals surface area contributed by atoms with Crippen LogP contribution in [0.2, 0.25) is 0 Å². The van der Waals surface area contributed by atoms with Crippen LogP contribution in [0.25, 0.3) is 0 Å². The van der Waals surface area contributed by atoms with Crippen molar-refractivity contribution in [3.05, 3.63) is 23.8 Å². The summed E-state index contributed by atoms with van der Waals surface area (Å²) in [4.78, 5) is 24.3. The molecular formula is C15H16F3NO3. The van der Waals surface area contributed by atoms with Crippen LogP contribution in [0.5, 0.6) is 0 Å². The van der Waals surface area contributed by atoms with E-state index < -0.39 is 29.7 Å². The molecule has 0 aromatic carbocycles. The van der Waals surface area contributed by atoms with Gasteiger partial charge >= 0.3 is 18.1 Å². The maximum Gasteiger partial charge on any atom is 0.471 e. The average Bonchev–Trinajstić information content (AvgIpc) is 2.82. The van der Waals surface area contributed by atoms with Crippen LogP contribution in [-0.2, 0) is 14.3 Å². The molecule has 7 heteroatoms. The standard InChI is InChI=1S/C15H16F3NO3/c16-15(17,18)13(21)19-8-4-2-6-11(19)14-7-3-1-5-10(14)9-12(20)22-14/h1,3,9,11H,2,4-8H2/t11-,14+/m0/s1. The molecule has 2 atom stereocenters. The fourth-order valence-corrected chi connectivity index (χ4v) is 3.65. The third-order valence-electron chi connectivity index (χ3n) is 4.59. The van der Waals surface area contributed by atoms with E-state index in [1.165, 1.54) is 6.08 Å². The molecule has 0 bridgehead atoms. The zero-order valence-corrected chi connectivity index (χ0v) is 11.9. The number of esters is 1. The summed E-state index contributed by atoms with van der Waals surface area (Å²) < 4.78 is 44.0. The molecule has 0 spiro atoms. The lowest BCUT2D eigenvalue weighted by molar-refractivity contribution is -0.195. The summed E-state index contributed by atoms with van der Waals surface area (Å²) in [5.74, 6) is -2.38. The number of ether oxygens (including phenoxy) is 1. The maximum atomic E-state index is 12.9. The molecule has 1 amide bonds. The number of rotatable bonds is 1. The predicted octanol–water partition coefficient (Wildman–Crippen LogP) is 2.50. The summed E-state index contributed by atoms with van der Waals surface area (Å²) in [7, 11) is 0. The molecule has 0 aromatic rings. The molecule has 1 saturated heterocycles. The Morgan fingerprint density at radius 2 is 2.09 bits per heavy atom. The van der Waals surface area contributed by atoms with Crippen LogP contribution in [0.4, 0.5) is 13.2 Å². The normalized spacial score (nSPS) is 31.6. The van der Waals surface area contributed by atoms with Gasteiger partial charge in [0.2, 0.25) is 0 Å². The zero-order chi connectivity index (χ0) is 16.0. The van der Waals surface area contributed by atoms with E-state index in [0.717, 1.165) is 4.90 Å². The highest BCUT2D eigenvalue weighted by molar-refractivity contribution is 5.88. The molecule has 2 aliphatic heterocycles. The van der Waals surface area contributed by atoms with E-state index in [0.29, 0.717) is 37.7 Å². The van der Waals surface area contributed by atoms with Gasteiger partial charge in [-0.05, 0) is 31.3 Å². The first-order valence-corrected chi connectivity index (χ1v) is 7.31. The van der Waals surface area contributed by atoms with Crippen LogP contribution < -0.4 is 0 Å². The topological polar surface area (TPSA) is 46.6 Å². The van der Waals surface area contributed by atoms with Crippen molar-refractivity contribution in [1.29, 1.82) is 0 Å². The Morgan fingerprint density at radius 1 is 1.32 bits per heavy atom. The number of halogens is 3. The zero-order valence-electron chi connectivity index (χ0n) is 11.9. The molecule has 22 heavy (non-hydrogen) atoms. The number of fused-ring (bicyclic) bond motifs is 1. The summed E-state index contributed by atoms with van der Waals surface area (Å²) in [6, 6.07) is -0.752. The fourth-order valence-electron chi connectivity index (χ4n) is 3.65. The highest BCUT2D eigenvalue weighted by Gasteiger charge is 2.55. The Labute approximate surface area is 125 Å². The van der Waals surface area contributed by atoms with E-state index in [1.807, 2.05) is 6.08 Å². The predicted molar refractivity (Wildman–Crippen MR) is 70.7 cm³/mol. The van der Waals surface area contributed by atoms with Crippen molar-refractivity contribution < 1.29 is 27.5 Å². The Bertz CT molecular complexity index is 567. The second-order valence-electron chi connectivity index (χ2n) is 5.87. The monoisotopic (exact) mass is 315 g/mol. The van der Waals surface area contributed by atoms with Gasteiger partial charge in [0.25, 0.3) is 0 Å². The number of hydrogen-bond donors (Lipinski definition) is 0. The van der Waals surface area contributed by atoms with E-state index >= 15 is 0 Å². The quantitative estimate of drug-likeness (QED) is 0.552. The van der Waals surface area contributed by atoms with Gasteiger partial charge in [-0.1, -0.05) is 12.2 Å². The Balaban J connectivity index is 1.97. The molecule has 4 nitrogen and oxygen atoms in total. The smallest absolute Gasteiger partial charge is 0.449 e. The molecule has 0 N–H and O–H groups in total. The molecule has 1 aliphatic carbocycles. The molecule has 0 unspecified atom stereocenters. The van der Waals surface area contributed by atoms with Crippen LogP contribution in [0.3, 0.4) is 0 Å². The fraction of sp³-hybridized carbons (Fsp3) is 0.600. The minimum absolute atomic E-state index is 0.0410. The van der Waals surface area contributed by atoms with Crippen molar-refractivity contribution in [2.75, 3.05) is 6.54 Å². The first-order chi connectivity index (χ1) is 10.3. The van der Waals surface area contributed by atoms with Gasteiger partial charge in [-0.3, -0.25) is 4.79 Å². The van der Waals surface area contributed by atoms with Crippen LogP contribution in [0.1, 0.15) is 32.1 Å². The lowest BCUT2D eigenvalue weighted by Crippen LogP contribution is -2.60. The van der Waals surface area contributed by atoms with Crippen LogP contribution in [-0.4, -0.2) is 41.1 Å². The average molecular weight is 315 g/mol. The number of hydrogen-bond acceptors (Lipinski definition) is 3. The Hall–Kier alpha value is -1.79. The van der Waals surface area contributed by atoms with Crippen molar-refractivity contribution in [1.82, 2.24) is 4.90 Å². The molecule has 0 saturated carbocycles. The van der Waals surface area contributed by atoms with E-state index in [2.05, 4.69) is 0 Å². The van der Waals surface area contributed by atoms with Gasteiger partial charge in [0, 0.05) is 19.0 Å². The lowest BCUT2D eigenvalue weighted by Gasteiger charge is -2.47. The van der Waals surface area contributed by atoms with E-state index in [-0.39, 0.29) is 6.54 Å². The maximum absolute atomic E-state index is 12.9. The van der Waals surface area contributed by atoms with Crippen LogP contribution in [0, 0.1) is 0 Å². The highest BCUT2D eigenvalue weighted by Crippen LogP contribution is 2.45. The largest absolute Gasteiger partial charge is 0.471 e. The number of piperidine rings is 1. The minimum atomic E-state index is -4.91. The van der Waals surface area contributed by atoms with Crippen LogP contribution in [0.15, 0.2) is 23.8 Å². The molecule has 2 heterocycles. The second kappa shape index (κ2) is 5.14. The third kappa shape index (κ3) is 2.32. The minimum Gasteiger partial charge on any atom is -0.449 e. The molecule has 0 aromatic heterocycles. The van der Waals surface area contributed by atoms with Gasteiger partial charge in [-0.2, -0.15) is 13.2 Å². The van der Waals surface area contributed by atoms with Gasteiger partial charge in [-0.15, -0.1) is 0 Å². The van der Waals surface area contributed by atoms with Crippen LogP contribution >= 0.6 is 0 Å². The second-order valence-corrected chi connectivity index (χ2v) is 5.87. The molecule has 1 fully saturated rings. The number of carbonyl (C=O) groups is 2. The van der Waals surface area contributed by atoms with Gasteiger partial charge in [-0.25, -0.2) is 4.79 Å². The van der Waals surface area contributed by atoms with E-state index in [4.69, 9.17) is 4.74 Å². The van der Waals surface area contributed by atoms with E-state index in [9.17, 15) is 22.8 Å². The van der Waals surface area contributed by atoms with E-state index in [1.54, 1.807) is 6.08 Å². The first-order valence-electron chi connectivity index (χ1n) is 7.31. The number of allylic oxidation sites excluding steroid dienone is 1. The molecule has 3 aliphatic rings. The molecule has 3 rings (SSSR count). The molecular weight excluding hydrogens is 299 g/mol. The van der Waals surface area contributed by atoms with Gasteiger partial charge < -0.3 is 9.64 Å². The Kier molecular flexibility index (Phi) is 3.53. The SMILES string of the molecule is O=C1C=C2CC=CC[C@@]2([C@@H]2CCCCN2C(=O)C(F)(F)F)O1. The van der Waals surface area contributed by atoms with Crippen molar-refractivity contribution >= 4 is 11.9 Å². The van der Waals surface area contributed by atoms with Crippen molar-refractivity contribution in [2.24, 2.45) is 0 Å². The first kappa shape index (κ1) is 15.1. The van der Waals surface area contributed by atoms with Gasteiger partial charge in [0.05, 0.1) is 6.04 Å². The summed E-state index contributed by atoms with van der Waals surface area (Å²) in [5.41, 5.74) is -0.445. The number of nitrogens with zero attached hydrogens (tertiary/aromatic N) is 1. The number of amides is 1. The summed E-state index contributed by atoms with van der Waals surface area (Å²) in [5, 5.41) is 0. The van der Waals surface area contributed by atoms with Gasteiger partial charge in [0.15, 0.2) is 5.60 Å². The number of carbonyl (C=O) groups excluding carboxylic acids is 2. The number of likely N-dealkylation sites (tertiary alicyclic amines) is 1. The van der Waals surface area contributed by atoms with Gasteiger partial charge in [0.1, 0.15) is 0 Å². The summed E-state index contributed by atoms with van der Waals surface area (Å²) in [6.45, 7) is 0.0410. The van der Waals surface area contributed by atoms with Crippen molar-refractivity contribution in [3.8, 4) is 0 Å². The molecule has 0 radical (unpaired) electrons.